The molecule has 5 heteroatoms. The summed E-state index contributed by atoms with van der Waals surface area (Å²) in [5.74, 6) is -0.276. The number of hydrogen-bond acceptors (Lipinski definition) is 2. The Balaban J connectivity index is 3.14. The monoisotopic (exact) mass is 175 g/mol. The van der Waals surface area contributed by atoms with Crippen molar-refractivity contribution in [3.8, 4) is 0 Å². The van der Waals surface area contributed by atoms with Crippen molar-refractivity contribution in [1.29, 1.82) is 0 Å². The van der Waals surface area contributed by atoms with Crippen LogP contribution in [0.5, 0.6) is 0 Å². The molecule has 0 atom stereocenters. The quantitative estimate of drug-likeness (QED) is 0.392. The zero-order chi connectivity index (χ0) is 8.69. The Labute approximate surface area is 71.5 Å². The van der Waals surface area contributed by atoms with Gasteiger partial charge in [0.25, 0.3) is 0 Å². The standard InChI is InChI=1S/C6H13N3OS/c1-8-6(11)9-4-2-3-5(7)10/h2-4H2,1H3,(H2,7,10)(H2,8,9,11). The van der Waals surface area contributed by atoms with Gasteiger partial charge in [0.15, 0.2) is 5.11 Å². The maximum absolute atomic E-state index is 10.3. The normalized spacial score (nSPS) is 8.82. The fourth-order valence-electron chi connectivity index (χ4n) is 0.553. The maximum Gasteiger partial charge on any atom is 0.217 e. The van der Waals surface area contributed by atoms with Crippen molar-refractivity contribution in [3.05, 3.63) is 0 Å². The highest BCUT2D eigenvalue weighted by atomic mass is 32.1. The topological polar surface area (TPSA) is 67.2 Å². The van der Waals surface area contributed by atoms with E-state index in [4.69, 9.17) is 18.0 Å². The van der Waals surface area contributed by atoms with Crippen LogP contribution in [0.25, 0.3) is 0 Å². The minimum atomic E-state index is -0.276. The molecular weight excluding hydrogens is 162 g/mol. The number of hydrogen-bond donors (Lipinski definition) is 3. The molecule has 0 heterocycles. The Hall–Kier alpha value is -0.840. The van der Waals surface area contributed by atoms with E-state index in [1.165, 1.54) is 0 Å². The summed E-state index contributed by atoms with van der Waals surface area (Å²) in [6.45, 7) is 0.683. The van der Waals surface area contributed by atoms with Crippen LogP contribution < -0.4 is 16.4 Å². The van der Waals surface area contributed by atoms with E-state index in [1.54, 1.807) is 7.05 Å². The lowest BCUT2D eigenvalue weighted by Gasteiger charge is -2.04. The second kappa shape index (κ2) is 5.91. The van der Waals surface area contributed by atoms with E-state index in [1.807, 2.05) is 0 Å². The number of primary amides is 1. The second-order valence-electron chi connectivity index (χ2n) is 2.08. The Bertz CT molecular complexity index is 149. The van der Waals surface area contributed by atoms with Crippen LogP contribution in [0.1, 0.15) is 12.8 Å². The van der Waals surface area contributed by atoms with Gasteiger partial charge >= 0.3 is 0 Å². The van der Waals surface area contributed by atoms with E-state index in [0.717, 1.165) is 6.42 Å². The molecule has 0 unspecified atom stereocenters. The summed E-state index contributed by atoms with van der Waals surface area (Å²) in [7, 11) is 1.74. The largest absolute Gasteiger partial charge is 0.370 e. The summed E-state index contributed by atoms with van der Waals surface area (Å²) >= 11 is 4.80. The molecule has 0 fully saturated rings. The van der Waals surface area contributed by atoms with Crippen molar-refractivity contribution in [1.82, 2.24) is 10.6 Å². The van der Waals surface area contributed by atoms with Gasteiger partial charge in [-0.25, -0.2) is 0 Å². The van der Waals surface area contributed by atoms with Crippen LogP contribution in [0, 0.1) is 0 Å². The van der Waals surface area contributed by atoms with Gasteiger partial charge in [-0.2, -0.15) is 0 Å². The summed E-state index contributed by atoms with van der Waals surface area (Å²) in [5, 5.41) is 6.25. The van der Waals surface area contributed by atoms with Gasteiger partial charge in [-0.05, 0) is 18.6 Å². The molecular formula is C6H13N3OS. The van der Waals surface area contributed by atoms with E-state index in [0.29, 0.717) is 18.1 Å². The molecule has 0 saturated heterocycles. The first-order valence-corrected chi connectivity index (χ1v) is 3.81. The van der Waals surface area contributed by atoms with Crippen molar-refractivity contribution in [2.75, 3.05) is 13.6 Å². The van der Waals surface area contributed by atoms with E-state index < -0.39 is 0 Å². The number of nitrogens with two attached hydrogens (primary N) is 1. The SMILES string of the molecule is CNC(=S)NCCCC(N)=O. The fourth-order valence-corrected chi connectivity index (χ4v) is 0.655. The van der Waals surface area contributed by atoms with Crippen LogP contribution in [-0.2, 0) is 4.79 Å². The lowest BCUT2D eigenvalue weighted by Crippen LogP contribution is -2.33. The van der Waals surface area contributed by atoms with Crippen molar-refractivity contribution < 1.29 is 4.79 Å². The molecule has 0 bridgehead atoms. The molecule has 0 spiro atoms. The smallest absolute Gasteiger partial charge is 0.217 e. The summed E-state index contributed by atoms with van der Waals surface area (Å²) in [6, 6.07) is 0. The van der Waals surface area contributed by atoms with Crippen molar-refractivity contribution in [2.45, 2.75) is 12.8 Å². The molecule has 0 aliphatic rings. The van der Waals surface area contributed by atoms with Gasteiger partial charge < -0.3 is 16.4 Å². The predicted molar refractivity (Wildman–Crippen MR) is 48.1 cm³/mol. The molecule has 64 valence electrons. The van der Waals surface area contributed by atoms with Gasteiger partial charge in [0.05, 0.1) is 0 Å². The van der Waals surface area contributed by atoms with Crippen LogP contribution in [0.15, 0.2) is 0 Å². The average Bonchev–Trinajstić information content (AvgIpc) is 1.97. The average molecular weight is 175 g/mol. The molecule has 11 heavy (non-hydrogen) atoms. The third-order valence-corrected chi connectivity index (χ3v) is 1.46. The number of nitrogens with one attached hydrogen (secondary N) is 2. The summed E-state index contributed by atoms with van der Waals surface area (Å²) in [6.07, 6.45) is 1.12. The molecule has 0 radical (unpaired) electrons. The van der Waals surface area contributed by atoms with Crippen LogP contribution in [0.2, 0.25) is 0 Å². The van der Waals surface area contributed by atoms with Crippen LogP contribution in [0.3, 0.4) is 0 Å². The molecule has 4 nitrogen and oxygen atoms in total. The van der Waals surface area contributed by atoms with Gasteiger partial charge in [0.2, 0.25) is 5.91 Å². The third-order valence-electron chi connectivity index (χ3n) is 1.11. The van der Waals surface area contributed by atoms with Gasteiger partial charge in [-0.3, -0.25) is 4.79 Å². The fraction of sp³-hybridized carbons (Fsp3) is 0.667. The predicted octanol–water partition coefficient (Wildman–Crippen LogP) is -0.654. The third kappa shape index (κ3) is 7.05. The number of rotatable bonds is 4. The molecule has 0 aromatic heterocycles. The van der Waals surface area contributed by atoms with Gasteiger partial charge in [0.1, 0.15) is 0 Å². The highest BCUT2D eigenvalue weighted by Gasteiger charge is 1.94. The Morgan fingerprint density at radius 2 is 2.27 bits per heavy atom. The minimum Gasteiger partial charge on any atom is -0.370 e. The zero-order valence-electron chi connectivity index (χ0n) is 6.52. The molecule has 1 amide bonds. The van der Waals surface area contributed by atoms with E-state index in [9.17, 15) is 4.79 Å². The van der Waals surface area contributed by atoms with Gasteiger partial charge in [-0.1, -0.05) is 0 Å². The molecule has 0 aliphatic carbocycles. The Morgan fingerprint density at radius 3 is 2.73 bits per heavy atom. The lowest BCUT2D eigenvalue weighted by atomic mass is 10.3. The highest BCUT2D eigenvalue weighted by Crippen LogP contribution is 1.83. The van der Waals surface area contributed by atoms with Crippen molar-refractivity contribution in [2.24, 2.45) is 5.73 Å². The van der Waals surface area contributed by atoms with Gasteiger partial charge in [-0.15, -0.1) is 0 Å². The maximum atomic E-state index is 10.3. The van der Waals surface area contributed by atoms with Crippen LogP contribution >= 0.6 is 12.2 Å². The van der Waals surface area contributed by atoms with Crippen LogP contribution in [0.4, 0.5) is 0 Å². The first-order valence-electron chi connectivity index (χ1n) is 3.40. The lowest BCUT2D eigenvalue weighted by molar-refractivity contribution is -0.118. The summed E-state index contributed by atoms with van der Waals surface area (Å²) in [5.41, 5.74) is 4.93. The number of thiocarbonyl (C=S) groups is 1. The van der Waals surface area contributed by atoms with E-state index >= 15 is 0 Å². The molecule has 0 saturated carbocycles. The van der Waals surface area contributed by atoms with Crippen LogP contribution in [-0.4, -0.2) is 24.6 Å². The number of carbonyl (C=O) groups excluding carboxylic acids is 1. The van der Waals surface area contributed by atoms with E-state index in [-0.39, 0.29) is 5.91 Å². The first-order chi connectivity index (χ1) is 5.16. The number of amides is 1. The minimum absolute atomic E-state index is 0.276. The highest BCUT2D eigenvalue weighted by molar-refractivity contribution is 7.80. The molecule has 0 aliphatic heterocycles. The number of carbonyl (C=O) groups is 1. The van der Waals surface area contributed by atoms with E-state index in [2.05, 4.69) is 10.6 Å². The summed E-state index contributed by atoms with van der Waals surface area (Å²) < 4.78 is 0. The van der Waals surface area contributed by atoms with Gasteiger partial charge in [0, 0.05) is 20.0 Å². The van der Waals surface area contributed by atoms with Crippen molar-refractivity contribution >= 4 is 23.2 Å². The first kappa shape index (κ1) is 10.2. The zero-order valence-corrected chi connectivity index (χ0v) is 7.33. The van der Waals surface area contributed by atoms with Crippen molar-refractivity contribution in [3.63, 3.8) is 0 Å². The Kier molecular flexibility index (Phi) is 5.46. The Morgan fingerprint density at radius 1 is 1.64 bits per heavy atom. The molecule has 0 aromatic rings. The second-order valence-corrected chi connectivity index (χ2v) is 2.48. The summed E-state index contributed by atoms with van der Waals surface area (Å²) in [4.78, 5) is 10.3. The molecule has 4 N–H and O–H groups in total. The molecule has 0 rings (SSSR count). The molecule has 0 aromatic carbocycles.